The van der Waals surface area contributed by atoms with Gasteiger partial charge >= 0.3 is 11.9 Å². The summed E-state index contributed by atoms with van der Waals surface area (Å²) in [5.41, 5.74) is 1.15. The second-order valence-electron chi connectivity index (χ2n) is 7.75. The molecular weight excluding hydrogens is 507 g/mol. The van der Waals surface area contributed by atoms with Crippen molar-refractivity contribution in [3.63, 3.8) is 0 Å². The van der Waals surface area contributed by atoms with Crippen molar-refractivity contribution < 1.29 is 37.1 Å². The highest BCUT2D eigenvalue weighted by Crippen LogP contribution is 2.38. The maximum atomic E-state index is 12.9. The summed E-state index contributed by atoms with van der Waals surface area (Å²) in [7, 11) is 0. The van der Waals surface area contributed by atoms with Crippen LogP contribution in [0.1, 0.15) is 41.8 Å². The highest BCUT2D eigenvalue weighted by molar-refractivity contribution is 5.95. The zero-order chi connectivity index (χ0) is 27.7. The van der Waals surface area contributed by atoms with Gasteiger partial charge in [0.1, 0.15) is 5.75 Å². The van der Waals surface area contributed by atoms with E-state index in [9.17, 15) is 28.1 Å². The molecule has 0 heterocycles. The number of nitro benzene ring substituents is 1. The number of amides is 1. The first kappa shape index (κ1) is 28.0. The van der Waals surface area contributed by atoms with Crippen molar-refractivity contribution in [1.29, 1.82) is 0 Å². The summed E-state index contributed by atoms with van der Waals surface area (Å²) >= 11 is 0. The molecule has 9 nitrogen and oxygen atoms in total. The summed E-state index contributed by atoms with van der Waals surface area (Å²) in [5.74, 6) is 0.213. The Hall–Kier alpha value is -4.61. The van der Waals surface area contributed by atoms with Crippen LogP contribution in [0, 0.1) is 10.1 Å². The first-order chi connectivity index (χ1) is 18.1. The fourth-order valence-corrected chi connectivity index (χ4v) is 3.19. The second kappa shape index (κ2) is 12.6. The molecule has 3 rings (SSSR count). The fraction of sp³-hybridized carbons (Fsp3) is 0.231. The van der Waals surface area contributed by atoms with E-state index in [1.165, 1.54) is 18.3 Å². The van der Waals surface area contributed by atoms with Gasteiger partial charge in [-0.15, -0.1) is 0 Å². The van der Waals surface area contributed by atoms with E-state index in [1.54, 1.807) is 30.3 Å². The molecular formula is C26H24F3N3O6. The van der Waals surface area contributed by atoms with Gasteiger partial charge in [0.2, 0.25) is 5.75 Å². The van der Waals surface area contributed by atoms with Crippen LogP contribution in [-0.4, -0.2) is 30.3 Å². The molecule has 0 saturated heterocycles. The number of nitro groups is 1. The molecule has 38 heavy (non-hydrogen) atoms. The maximum absolute atomic E-state index is 12.9. The van der Waals surface area contributed by atoms with Crippen LogP contribution in [0.25, 0.3) is 0 Å². The molecule has 1 amide bonds. The van der Waals surface area contributed by atoms with Gasteiger partial charge in [-0.1, -0.05) is 19.1 Å². The van der Waals surface area contributed by atoms with Crippen LogP contribution in [0.4, 0.5) is 18.9 Å². The summed E-state index contributed by atoms with van der Waals surface area (Å²) in [5, 5.41) is 15.2. The van der Waals surface area contributed by atoms with E-state index >= 15 is 0 Å². The van der Waals surface area contributed by atoms with E-state index in [1.807, 2.05) is 13.8 Å². The van der Waals surface area contributed by atoms with Gasteiger partial charge in [-0.25, -0.2) is 5.43 Å². The molecule has 0 bridgehead atoms. The summed E-state index contributed by atoms with van der Waals surface area (Å²) < 4.78 is 55.4. The summed E-state index contributed by atoms with van der Waals surface area (Å²) in [6.45, 7) is 4.68. The Balaban J connectivity index is 1.71. The van der Waals surface area contributed by atoms with Gasteiger partial charge in [-0.05, 0) is 61.4 Å². The Labute approximate surface area is 216 Å². The summed E-state index contributed by atoms with van der Waals surface area (Å²) in [6, 6.07) is 12.8. The molecule has 0 radical (unpaired) electrons. The van der Waals surface area contributed by atoms with Crippen LogP contribution in [0.3, 0.4) is 0 Å². The molecule has 1 N–H and O–H groups in total. The molecule has 0 atom stereocenters. The normalized spacial score (nSPS) is 11.3. The number of hydrogen-bond acceptors (Lipinski definition) is 7. The Morgan fingerprint density at radius 2 is 1.79 bits per heavy atom. The SMILES string of the molecule is CCCOc1ccc(C(=O)N/N=C/c2cccc(Oc3ccc(C(F)(F)F)cc3[N+](=O)[O-])c2)cc1OCC. The minimum absolute atomic E-state index is 0.118. The molecule has 0 aromatic heterocycles. The van der Waals surface area contributed by atoms with Gasteiger partial charge < -0.3 is 14.2 Å². The molecule has 0 spiro atoms. The molecule has 3 aromatic carbocycles. The largest absolute Gasteiger partial charge is 0.490 e. The average Bonchev–Trinajstić information content (AvgIpc) is 2.87. The molecule has 0 aliphatic carbocycles. The minimum Gasteiger partial charge on any atom is -0.490 e. The zero-order valence-corrected chi connectivity index (χ0v) is 20.4. The van der Waals surface area contributed by atoms with E-state index in [0.29, 0.717) is 48.0 Å². The average molecular weight is 531 g/mol. The van der Waals surface area contributed by atoms with Crippen LogP contribution < -0.4 is 19.6 Å². The molecule has 0 aliphatic rings. The Morgan fingerprint density at radius 1 is 1.03 bits per heavy atom. The van der Waals surface area contributed by atoms with E-state index < -0.39 is 28.3 Å². The van der Waals surface area contributed by atoms with Crippen LogP contribution in [0.2, 0.25) is 0 Å². The fourth-order valence-electron chi connectivity index (χ4n) is 3.19. The van der Waals surface area contributed by atoms with E-state index in [2.05, 4.69) is 10.5 Å². The molecule has 3 aromatic rings. The third kappa shape index (κ3) is 7.45. The number of carbonyl (C=O) groups excluding carboxylic acids is 1. The number of halogens is 3. The number of rotatable bonds is 11. The Bertz CT molecular complexity index is 1330. The van der Waals surface area contributed by atoms with Crippen LogP contribution in [0.15, 0.2) is 65.8 Å². The number of benzene rings is 3. The number of carbonyl (C=O) groups is 1. The summed E-state index contributed by atoms with van der Waals surface area (Å²) in [6.07, 6.45) is -2.61. The van der Waals surface area contributed by atoms with Crippen molar-refractivity contribution in [2.45, 2.75) is 26.4 Å². The standard InChI is InChI=1S/C26H24F3N3O6/c1-3-12-37-23-10-8-18(14-24(23)36-4-2)25(33)31-30-16-17-6-5-7-20(13-17)38-22-11-9-19(26(27,28)29)15-21(22)32(34)35/h5-11,13-16H,3-4,12H2,1-2H3,(H,31,33)/b30-16+. The zero-order valence-electron chi connectivity index (χ0n) is 20.4. The number of nitrogens with one attached hydrogen (secondary N) is 1. The highest BCUT2D eigenvalue weighted by Gasteiger charge is 2.33. The van der Waals surface area contributed by atoms with E-state index in [-0.39, 0.29) is 11.5 Å². The smallest absolute Gasteiger partial charge is 0.416 e. The highest BCUT2D eigenvalue weighted by atomic mass is 19.4. The summed E-state index contributed by atoms with van der Waals surface area (Å²) in [4.78, 5) is 22.9. The van der Waals surface area contributed by atoms with Gasteiger partial charge in [-0.3, -0.25) is 14.9 Å². The van der Waals surface area contributed by atoms with Crippen molar-refractivity contribution in [3.05, 3.63) is 87.5 Å². The van der Waals surface area contributed by atoms with Gasteiger partial charge in [0.05, 0.1) is 29.9 Å². The van der Waals surface area contributed by atoms with E-state index in [4.69, 9.17) is 14.2 Å². The molecule has 0 unspecified atom stereocenters. The van der Waals surface area contributed by atoms with Crippen molar-refractivity contribution in [1.82, 2.24) is 5.43 Å². The van der Waals surface area contributed by atoms with Gasteiger partial charge in [0, 0.05) is 11.6 Å². The predicted molar refractivity (Wildman–Crippen MR) is 133 cm³/mol. The Morgan fingerprint density at radius 3 is 2.47 bits per heavy atom. The number of hydrogen-bond donors (Lipinski definition) is 1. The third-order valence-electron chi connectivity index (χ3n) is 4.92. The topological polar surface area (TPSA) is 112 Å². The first-order valence-corrected chi connectivity index (χ1v) is 11.5. The number of nitrogens with zero attached hydrogens (tertiary/aromatic N) is 2. The lowest BCUT2D eigenvalue weighted by molar-refractivity contribution is -0.385. The van der Waals surface area contributed by atoms with E-state index in [0.717, 1.165) is 12.5 Å². The van der Waals surface area contributed by atoms with Crippen LogP contribution in [0.5, 0.6) is 23.0 Å². The lowest BCUT2D eigenvalue weighted by Crippen LogP contribution is -2.17. The second-order valence-corrected chi connectivity index (χ2v) is 7.75. The molecule has 0 aliphatic heterocycles. The van der Waals surface area contributed by atoms with Gasteiger partial charge in [-0.2, -0.15) is 18.3 Å². The van der Waals surface area contributed by atoms with Crippen LogP contribution >= 0.6 is 0 Å². The number of alkyl halides is 3. The lowest BCUT2D eigenvalue weighted by Gasteiger charge is -2.12. The third-order valence-corrected chi connectivity index (χ3v) is 4.92. The molecule has 12 heteroatoms. The number of ether oxygens (including phenoxy) is 3. The molecule has 200 valence electrons. The Kier molecular flexibility index (Phi) is 9.25. The van der Waals surface area contributed by atoms with Gasteiger partial charge in [0.25, 0.3) is 5.91 Å². The van der Waals surface area contributed by atoms with Crippen molar-refractivity contribution in [2.75, 3.05) is 13.2 Å². The van der Waals surface area contributed by atoms with Gasteiger partial charge in [0.15, 0.2) is 11.5 Å². The monoisotopic (exact) mass is 531 g/mol. The van der Waals surface area contributed by atoms with Crippen molar-refractivity contribution in [2.24, 2.45) is 5.10 Å². The first-order valence-electron chi connectivity index (χ1n) is 11.5. The lowest BCUT2D eigenvalue weighted by atomic mass is 10.2. The maximum Gasteiger partial charge on any atom is 0.416 e. The molecule has 0 fully saturated rings. The number of hydrazone groups is 1. The predicted octanol–water partition coefficient (Wildman–Crippen LogP) is 6.36. The van der Waals surface area contributed by atoms with Crippen LogP contribution in [-0.2, 0) is 6.18 Å². The molecule has 0 saturated carbocycles. The minimum atomic E-state index is -4.74. The quantitative estimate of drug-likeness (QED) is 0.175. The van der Waals surface area contributed by atoms with Crippen molar-refractivity contribution >= 4 is 17.8 Å². The van der Waals surface area contributed by atoms with Crippen molar-refractivity contribution in [3.8, 4) is 23.0 Å².